The van der Waals surface area contributed by atoms with E-state index in [1.807, 2.05) is 12.1 Å². The molecule has 0 fully saturated rings. The number of nitrogens with zero attached hydrogens (tertiary/aromatic N) is 1. The Kier molecular flexibility index (Phi) is 6.72. The van der Waals surface area contributed by atoms with Gasteiger partial charge in [-0.05, 0) is 36.3 Å². The maximum absolute atomic E-state index is 13.4. The van der Waals surface area contributed by atoms with Gasteiger partial charge in [-0.3, -0.25) is 10.2 Å². The van der Waals surface area contributed by atoms with Crippen LogP contribution < -0.4 is 15.8 Å². The fourth-order valence-electron chi connectivity index (χ4n) is 3.75. The van der Waals surface area contributed by atoms with Crippen molar-refractivity contribution in [3.05, 3.63) is 29.8 Å². The molecule has 1 heterocycles. The van der Waals surface area contributed by atoms with Gasteiger partial charge in [0.2, 0.25) is 5.44 Å². The summed E-state index contributed by atoms with van der Waals surface area (Å²) in [7, 11) is -2.82. The molecule has 0 saturated carbocycles. The van der Waals surface area contributed by atoms with Crippen LogP contribution in [0, 0.1) is 16.7 Å². The zero-order valence-corrected chi connectivity index (χ0v) is 18.9. The molecule has 1 aromatic carbocycles. The van der Waals surface area contributed by atoms with Crippen molar-refractivity contribution < 1.29 is 23.1 Å². The van der Waals surface area contributed by atoms with Crippen LogP contribution in [0.4, 0.5) is 0 Å². The summed E-state index contributed by atoms with van der Waals surface area (Å²) in [6, 6.07) is 7.23. The van der Waals surface area contributed by atoms with Crippen molar-refractivity contribution in [1.82, 2.24) is 9.62 Å². The number of hydrogen-bond donors (Lipinski definition) is 4. The minimum Gasteiger partial charge on any atom is -0.480 e. The maximum atomic E-state index is 13.4. The lowest BCUT2D eigenvalue weighted by atomic mass is 9.65. The molecule has 5 N–H and O–H groups in total. The first-order valence-electron chi connectivity index (χ1n) is 9.80. The Morgan fingerprint density at radius 2 is 2.00 bits per heavy atom. The fraction of sp³-hybridized carbons (Fsp3) is 0.600. The molecule has 10 heteroatoms. The van der Waals surface area contributed by atoms with Crippen molar-refractivity contribution in [2.45, 2.75) is 51.5 Å². The van der Waals surface area contributed by atoms with Gasteiger partial charge in [0, 0.05) is 20.0 Å². The molecule has 168 valence electrons. The van der Waals surface area contributed by atoms with Crippen LogP contribution in [0.1, 0.15) is 39.7 Å². The normalized spacial score (nSPS) is 19.9. The van der Waals surface area contributed by atoms with Crippen LogP contribution >= 0.6 is 0 Å². The Hall–Kier alpha value is -2.33. The van der Waals surface area contributed by atoms with E-state index >= 15 is 0 Å². The highest BCUT2D eigenvalue weighted by Gasteiger charge is 2.57. The highest BCUT2D eigenvalue weighted by molar-refractivity contribution is 7.89. The first-order chi connectivity index (χ1) is 13.8. The van der Waals surface area contributed by atoms with Gasteiger partial charge in [-0.1, -0.05) is 39.0 Å². The molecule has 1 aromatic rings. The molecule has 2 unspecified atom stereocenters. The molecule has 0 bridgehead atoms. The minimum atomic E-state index is -4.11. The van der Waals surface area contributed by atoms with Crippen LogP contribution in [0.3, 0.4) is 0 Å². The number of guanidine groups is 1. The van der Waals surface area contributed by atoms with E-state index in [1.165, 1.54) is 14.0 Å². The summed E-state index contributed by atoms with van der Waals surface area (Å²) < 4.78 is 33.6. The van der Waals surface area contributed by atoms with Crippen LogP contribution in [0.2, 0.25) is 0 Å². The van der Waals surface area contributed by atoms with Crippen LogP contribution in [-0.2, 0) is 21.2 Å². The third kappa shape index (κ3) is 4.11. The SMILES string of the molecule is CC(CNC(=N)N)C(C)(C)[C@@](C)(C(=O)O)N(C)S(=O)(=O)C1CCc2ccccc2O1. The Morgan fingerprint density at radius 3 is 2.57 bits per heavy atom. The highest BCUT2D eigenvalue weighted by Crippen LogP contribution is 2.44. The average molecular weight is 441 g/mol. The number of carbonyl (C=O) groups is 1. The molecule has 0 spiro atoms. The summed E-state index contributed by atoms with van der Waals surface area (Å²) in [5.41, 5.74) is 2.32. The lowest BCUT2D eigenvalue weighted by Gasteiger charge is -2.49. The van der Waals surface area contributed by atoms with Gasteiger partial charge in [-0.15, -0.1) is 0 Å². The van der Waals surface area contributed by atoms with E-state index in [4.69, 9.17) is 15.9 Å². The zero-order valence-electron chi connectivity index (χ0n) is 18.1. The molecule has 3 atom stereocenters. The van der Waals surface area contributed by atoms with Gasteiger partial charge < -0.3 is 20.9 Å². The number of ether oxygens (including phenoxy) is 1. The number of carboxylic acids is 1. The molecular formula is C20H32N4O5S. The molecule has 9 nitrogen and oxygen atoms in total. The summed E-state index contributed by atoms with van der Waals surface area (Å²) in [5, 5.41) is 20.2. The number of likely N-dealkylation sites (N-methyl/N-ethyl adjacent to an activating group) is 1. The number of nitrogens with one attached hydrogen (secondary N) is 2. The van der Waals surface area contributed by atoms with Crippen molar-refractivity contribution in [2.24, 2.45) is 17.1 Å². The monoisotopic (exact) mass is 440 g/mol. The average Bonchev–Trinajstić information content (AvgIpc) is 2.69. The number of aryl methyl sites for hydroxylation is 1. The number of sulfonamides is 1. The lowest BCUT2D eigenvalue weighted by molar-refractivity contribution is -0.156. The number of benzene rings is 1. The molecule has 1 aliphatic rings. The first-order valence-corrected chi connectivity index (χ1v) is 11.3. The third-order valence-corrected chi connectivity index (χ3v) is 8.85. The van der Waals surface area contributed by atoms with Crippen molar-refractivity contribution in [2.75, 3.05) is 13.6 Å². The van der Waals surface area contributed by atoms with Crippen molar-refractivity contribution in [3.63, 3.8) is 0 Å². The van der Waals surface area contributed by atoms with E-state index in [0.717, 1.165) is 9.87 Å². The van der Waals surface area contributed by atoms with Crippen LogP contribution in [0.5, 0.6) is 5.75 Å². The van der Waals surface area contributed by atoms with Crippen LogP contribution in [0.25, 0.3) is 0 Å². The zero-order chi connectivity index (χ0) is 22.9. The lowest BCUT2D eigenvalue weighted by Crippen LogP contribution is -2.65. The number of nitrogens with two attached hydrogens (primary N) is 1. The summed E-state index contributed by atoms with van der Waals surface area (Å²) in [4.78, 5) is 12.4. The number of para-hydroxylation sites is 1. The number of aliphatic carboxylic acids is 1. The number of rotatable bonds is 8. The van der Waals surface area contributed by atoms with Gasteiger partial charge in [0.25, 0.3) is 10.0 Å². The van der Waals surface area contributed by atoms with Gasteiger partial charge in [-0.2, -0.15) is 4.31 Å². The molecule has 1 aliphatic heterocycles. The second-order valence-electron chi connectivity index (χ2n) is 8.50. The van der Waals surface area contributed by atoms with Crippen molar-refractivity contribution in [3.8, 4) is 5.75 Å². The predicted molar refractivity (Wildman–Crippen MR) is 115 cm³/mol. The highest BCUT2D eigenvalue weighted by atomic mass is 32.2. The Balaban J connectivity index is 2.38. The van der Waals surface area contributed by atoms with Gasteiger partial charge >= 0.3 is 5.97 Å². The molecular weight excluding hydrogens is 408 g/mol. The molecule has 0 radical (unpaired) electrons. The van der Waals surface area contributed by atoms with E-state index in [0.29, 0.717) is 12.2 Å². The smallest absolute Gasteiger partial charge is 0.325 e. The third-order valence-electron chi connectivity index (χ3n) is 6.73. The first kappa shape index (κ1) is 23.9. The second kappa shape index (κ2) is 8.43. The maximum Gasteiger partial charge on any atom is 0.325 e. The molecule has 0 amide bonds. The summed E-state index contributed by atoms with van der Waals surface area (Å²) in [6.45, 7) is 6.85. The van der Waals surface area contributed by atoms with Gasteiger partial charge in [-0.25, -0.2) is 8.42 Å². The number of carboxylic acid groups (broad SMARTS) is 1. The van der Waals surface area contributed by atoms with E-state index in [-0.39, 0.29) is 24.8 Å². The van der Waals surface area contributed by atoms with E-state index in [1.54, 1.807) is 32.9 Å². The van der Waals surface area contributed by atoms with Gasteiger partial charge in [0.05, 0.1) is 0 Å². The standard InChI is InChI=1S/C20H32N4O5S/c1-13(12-23-18(21)22)19(2,3)20(4,17(25)26)24(5)30(27,28)16-11-10-14-8-6-7-9-15(14)29-16/h6-9,13,16H,10-12H2,1-5H3,(H,25,26)(H4,21,22,23)/t13?,16?,20-/m1/s1. The van der Waals surface area contributed by atoms with Crippen LogP contribution in [0.15, 0.2) is 24.3 Å². The summed E-state index contributed by atoms with van der Waals surface area (Å²) >= 11 is 0. The van der Waals surface area contributed by atoms with Crippen LogP contribution in [-0.4, -0.2) is 54.3 Å². The molecule has 0 aliphatic carbocycles. The van der Waals surface area contributed by atoms with E-state index in [9.17, 15) is 18.3 Å². The molecule has 0 saturated heterocycles. The number of fused-ring (bicyclic) bond motifs is 1. The van der Waals surface area contributed by atoms with E-state index in [2.05, 4.69) is 5.32 Å². The number of hydrogen-bond acceptors (Lipinski definition) is 5. The van der Waals surface area contributed by atoms with E-state index < -0.39 is 32.4 Å². The fourth-order valence-corrected chi connectivity index (χ4v) is 5.57. The Bertz CT molecular complexity index is 918. The second-order valence-corrected chi connectivity index (χ2v) is 10.6. The predicted octanol–water partition coefficient (Wildman–Crippen LogP) is 1.59. The molecule has 30 heavy (non-hydrogen) atoms. The Labute approximate surface area is 178 Å². The van der Waals surface area contributed by atoms with Gasteiger partial charge in [0.1, 0.15) is 11.3 Å². The summed E-state index contributed by atoms with van der Waals surface area (Å²) in [5.74, 6) is -1.32. The van der Waals surface area contributed by atoms with Gasteiger partial charge in [0.15, 0.2) is 5.96 Å². The topological polar surface area (TPSA) is 146 Å². The molecule has 0 aromatic heterocycles. The summed E-state index contributed by atoms with van der Waals surface area (Å²) in [6.07, 6.45) is 0.765. The van der Waals surface area contributed by atoms with Crippen molar-refractivity contribution in [1.29, 1.82) is 5.41 Å². The molecule has 2 rings (SSSR count). The van der Waals surface area contributed by atoms with Crippen molar-refractivity contribution >= 4 is 22.0 Å². The quantitative estimate of drug-likeness (QED) is 0.355. The Morgan fingerprint density at radius 1 is 1.40 bits per heavy atom. The largest absolute Gasteiger partial charge is 0.480 e. The minimum absolute atomic E-state index is 0.229.